The summed E-state index contributed by atoms with van der Waals surface area (Å²) in [5.74, 6) is 1.46. The van der Waals surface area contributed by atoms with Gasteiger partial charge in [0.15, 0.2) is 0 Å². The van der Waals surface area contributed by atoms with Gasteiger partial charge in [0.25, 0.3) is 0 Å². The van der Waals surface area contributed by atoms with Gasteiger partial charge in [-0.2, -0.15) is 0 Å². The molecule has 1 aliphatic rings. The molecule has 144 valence electrons. The molecule has 2 N–H and O–H groups in total. The molecular formula is C21H26N2O4. The Kier molecular flexibility index (Phi) is 6.68. The highest BCUT2D eigenvalue weighted by Gasteiger charge is 2.22. The Labute approximate surface area is 159 Å². The lowest BCUT2D eigenvalue weighted by Gasteiger charge is -2.25. The molecule has 0 radical (unpaired) electrons. The lowest BCUT2D eigenvalue weighted by atomic mass is 9.97. The number of nitrogens with one attached hydrogen (secondary N) is 2. The highest BCUT2D eigenvalue weighted by Crippen LogP contribution is 2.27. The van der Waals surface area contributed by atoms with Crippen molar-refractivity contribution in [3.8, 4) is 11.5 Å². The average Bonchev–Trinajstić information content (AvgIpc) is 2.73. The maximum absolute atomic E-state index is 12.7. The largest absolute Gasteiger partial charge is 0.497 e. The molecule has 6 heteroatoms. The molecule has 2 aromatic rings. The summed E-state index contributed by atoms with van der Waals surface area (Å²) in [6.45, 7) is 2.01. The molecule has 1 aliphatic heterocycles. The lowest BCUT2D eigenvalue weighted by Crippen LogP contribution is -2.44. The third kappa shape index (κ3) is 5.21. The fourth-order valence-electron chi connectivity index (χ4n) is 3.20. The summed E-state index contributed by atoms with van der Waals surface area (Å²) in [4.78, 5) is 12.7. The van der Waals surface area contributed by atoms with Crippen LogP contribution in [-0.2, 0) is 9.53 Å². The van der Waals surface area contributed by atoms with E-state index in [0.717, 1.165) is 29.2 Å². The Balaban J connectivity index is 1.83. The summed E-state index contributed by atoms with van der Waals surface area (Å²) in [7, 11) is 3.26. The topological polar surface area (TPSA) is 68.8 Å². The third-order valence-corrected chi connectivity index (χ3v) is 4.59. The van der Waals surface area contributed by atoms with Crippen LogP contribution in [0.25, 0.3) is 0 Å². The fraction of sp³-hybridized carbons (Fsp3) is 0.381. The molecule has 27 heavy (non-hydrogen) atoms. The number of carbonyl (C=O) groups excluding carboxylic acids is 1. The molecule has 0 spiro atoms. The first kappa shape index (κ1) is 19.2. The highest BCUT2D eigenvalue weighted by atomic mass is 16.5. The van der Waals surface area contributed by atoms with E-state index in [4.69, 9.17) is 14.2 Å². The number of rotatable bonds is 7. The van der Waals surface area contributed by atoms with E-state index in [9.17, 15) is 4.79 Å². The van der Waals surface area contributed by atoms with Crippen LogP contribution >= 0.6 is 0 Å². The number of morpholine rings is 1. The molecule has 2 aromatic carbocycles. The zero-order valence-electron chi connectivity index (χ0n) is 15.7. The van der Waals surface area contributed by atoms with Gasteiger partial charge in [0.2, 0.25) is 5.91 Å². The smallest absolute Gasteiger partial charge is 0.222 e. The predicted molar refractivity (Wildman–Crippen MR) is 103 cm³/mol. The standard InChI is InChI=1S/C21H26N2O4/c1-25-18-7-3-5-15(11-18)21(16-6-4-8-19(12-16)26-2)23-20(24)13-17-14-27-10-9-22-17/h3-8,11-12,17,21-22H,9-10,13-14H2,1-2H3,(H,23,24). The van der Waals surface area contributed by atoms with Gasteiger partial charge in [-0.25, -0.2) is 0 Å². The maximum atomic E-state index is 12.7. The minimum atomic E-state index is -0.299. The number of amides is 1. The summed E-state index contributed by atoms with van der Waals surface area (Å²) in [6, 6.07) is 15.2. The monoisotopic (exact) mass is 370 g/mol. The number of ether oxygens (including phenoxy) is 3. The zero-order chi connectivity index (χ0) is 19.1. The first-order valence-corrected chi connectivity index (χ1v) is 9.08. The summed E-state index contributed by atoms with van der Waals surface area (Å²) in [5.41, 5.74) is 1.90. The Morgan fingerprint density at radius 3 is 2.30 bits per heavy atom. The number of hydrogen-bond donors (Lipinski definition) is 2. The van der Waals surface area contributed by atoms with E-state index >= 15 is 0 Å². The van der Waals surface area contributed by atoms with Gasteiger partial charge in [-0.05, 0) is 35.4 Å². The summed E-state index contributed by atoms with van der Waals surface area (Å²) >= 11 is 0. The molecule has 3 rings (SSSR count). The Morgan fingerprint density at radius 2 is 1.78 bits per heavy atom. The summed E-state index contributed by atoms with van der Waals surface area (Å²) in [6.07, 6.45) is 0.366. The van der Waals surface area contributed by atoms with E-state index < -0.39 is 0 Å². The molecule has 1 atom stereocenters. The summed E-state index contributed by atoms with van der Waals surface area (Å²) < 4.78 is 16.1. The second-order valence-electron chi connectivity index (χ2n) is 6.48. The van der Waals surface area contributed by atoms with Crippen LogP contribution in [-0.4, -0.2) is 45.9 Å². The van der Waals surface area contributed by atoms with Crippen LogP contribution in [0.2, 0.25) is 0 Å². The van der Waals surface area contributed by atoms with Gasteiger partial charge < -0.3 is 24.8 Å². The van der Waals surface area contributed by atoms with Crippen LogP contribution < -0.4 is 20.1 Å². The molecule has 0 aromatic heterocycles. The van der Waals surface area contributed by atoms with E-state index in [1.807, 2.05) is 48.5 Å². The Bertz CT molecular complexity index is 712. The Morgan fingerprint density at radius 1 is 1.15 bits per heavy atom. The first-order valence-electron chi connectivity index (χ1n) is 9.08. The van der Waals surface area contributed by atoms with Crippen LogP contribution in [0, 0.1) is 0 Å². The van der Waals surface area contributed by atoms with Crippen LogP contribution in [0.5, 0.6) is 11.5 Å². The molecule has 1 fully saturated rings. The van der Waals surface area contributed by atoms with Gasteiger partial charge in [-0.15, -0.1) is 0 Å². The van der Waals surface area contributed by atoms with Crippen molar-refractivity contribution < 1.29 is 19.0 Å². The van der Waals surface area contributed by atoms with E-state index in [1.54, 1.807) is 14.2 Å². The Hall–Kier alpha value is -2.57. The van der Waals surface area contributed by atoms with Gasteiger partial charge >= 0.3 is 0 Å². The molecule has 6 nitrogen and oxygen atoms in total. The second kappa shape index (κ2) is 9.39. The van der Waals surface area contributed by atoms with Crippen molar-refractivity contribution in [1.82, 2.24) is 10.6 Å². The van der Waals surface area contributed by atoms with Crippen LogP contribution in [0.15, 0.2) is 48.5 Å². The first-order chi connectivity index (χ1) is 13.2. The fourth-order valence-corrected chi connectivity index (χ4v) is 3.20. The van der Waals surface area contributed by atoms with Gasteiger partial charge in [-0.3, -0.25) is 4.79 Å². The maximum Gasteiger partial charge on any atom is 0.222 e. The van der Waals surface area contributed by atoms with E-state index in [2.05, 4.69) is 10.6 Å². The van der Waals surface area contributed by atoms with Gasteiger partial charge in [-0.1, -0.05) is 24.3 Å². The molecule has 0 saturated carbocycles. The molecule has 0 aliphatic carbocycles. The minimum Gasteiger partial charge on any atom is -0.497 e. The van der Waals surface area contributed by atoms with Crippen molar-refractivity contribution in [2.75, 3.05) is 34.0 Å². The number of benzene rings is 2. The molecule has 1 saturated heterocycles. The van der Waals surface area contributed by atoms with Gasteiger partial charge in [0.05, 0.1) is 33.5 Å². The van der Waals surface area contributed by atoms with Crippen molar-refractivity contribution in [2.24, 2.45) is 0 Å². The van der Waals surface area contributed by atoms with Crippen molar-refractivity contribution in [3.63, 3.8) is 0 Å². The normalized spacial score (nSPS) is 16.8. The molecule has 1 unspecified atom stereocenters. The van der Waals surface area contributed by atoms with Crippen molar-refractivity contribution in [1.29, 1.82) is 0 Å². The van der Waals surface area contributed by atoms with Gasteiger partial charge in [0, 0.05) is 19.0 Å². The molecule has 1 amide bonds. The van der Waals surface area contributed by atoms with Crippen molar-refractivity contribution in [3.05, 3.63) is 59.7 Å². The van der Waals surface area contributed by atoms with Crippen molar-refractivity contribution >= 4 is 5.91 Å². The lowest BCUT2D eigenvalue weighted by molar-refractivity contribution is -0.122. The quantitative estimate of drug-likeness (QED) is 0.783. The zero-order valence-corrected chi connectivity index (χ0v) is 15.7. The van der Waals surface area contributed by atoms with E-state index in [1.165, 1.54) is 0 Å². The van der Waals surface area contributed by atoms with E-state index in [0.29, 0.717) is 19.6 Å². The average molecular weight is 370 g/mol. The molecule has 1 heterocycles. The van der Waals surface area contributed by atoms with Crippen LogP contribution in [0.3, 0.4) is 0 Å². The second-order valence-corrected chi connectivity index (χ2v) is 6.48. The number of carbonyl (C=O) groups is 1. The molecule has 0 bridgehead atoms. The van der Waals surface area contributed by atoms with E-state index in [-0.39, 0.29) is 18.0 Å². The minimum absolute atomic E-state index is 0.0337. The van der Waals surface area contributed by atoms with Crippen LogP contribution in [0.4, 0.5) is 0 Å². The number of methoxy groups -OCH3 is 2. The molecular weight excluding hydrogens is 344 g/mol. The SMILES string of the molecule is COc1cccc(C(NC(=O)CC2COCCN2)c2cccc(OC)c2)c1. The van der Waals surface area contributed by atoms with Crippen LogP contribution in [0.1, 0.15) is 23.6 Å². The summed E-state index contributed by atoms with van der Waals surface area (Å²) in [5, 5.41) is 6.47. The number of hydrogen-bond acceptors (Lipinski definition) is 5. The van der Waals surface area contributed by atoms with Crippen molar-refractivity contribution in [2.45, 2.75) is 18.5 Å². The third-order valence-electron chi connectivity index (χ3n) is 4.59. The predicted octanol–water partition coefficient (Wildman–Crippen LogP) is 2.29. The highest BCUT2D eigenvalue weighted by molar-refractivity contribution is 5.77. The van der Waals surface area contributed by atoms with Gasteiger partial charge in [0.1, 0.15) is 11.5 Å².